The fraction of sp³-hybridized carbons (Fsp3) is 0.500. The van der Waals surface area contributed by atoms with Gasteiger partial charge in [-0.1, -0.05) is 62.8 Å². The summed E-state index contributed by atoms with van der Waals surface area (Å²) >= 11 is 0. The summed E-state index contributed by atoms with van der Waals surface area (Å²) in [5.74, 6) is 2.44. The van der Waals surface area contributed by atoms with Crippen molar-refractivity contribution in [1.29, 1.82) is 0 Å². The quantitative estimate of drug-likeness (QED) is 0.645. The molecule has 0 saturated heterocycles. The molecule has 2 aliphatic rings. The lowest BCUT2D eigenvalue weighted by Crippen LogP contribution is -2.35. The minimum Gasteiger partial charge on any atom is -0.0848 e. The molecule has 3 rings (SSSR count). The van der Waals surface area contributed by atoms with Gasteiger partial charge >= 0.3 is 0 Å². The van der Waals surface area contributed by atoms with Crippen LogP contribution in [0.4, 0.5) is 0 Å². The fourth-order valence-electron chi connectivity index (χ4n) is 4.14. The lowest BCUT2D eigenvalue weighted by Gasteiger charge is -2.39. The third-order valence-corrected chi connectivity index (χ3v) is 5.01. The van der Waals surface area contributed by atoms with Gasteiger partial charge in [0, 0.05) is 5.41 Å². The molecular weight excluding hydrogens is 192 g/mol. The lowest BCUT2D eigenvalue weighted by atomic mass is 9.65. The molecule has 16 heavy (non-hydrogen) atoms. The highest BCUT2D eigenvalue weighted by molar-refractivity contribution is 5.34. The first-order valence-electron chi connectivity index (χ1n) is 6.50. The smallest absolute Gasteiger partial charge is 0.00214 e. The van der Waals surface area contributed by atoms with Crippen LogP contribution in [0.15, 0.2) is 42.5 Å². The van der Waals surface area contributed by atoms with Crippen molar-refractivity contribution in [2.45, 2.75) is 32.1 Å². The lowest BCUT2D eigenvalue weighted by molar-refractivity contribution is 0.261. The van der Waals surface area contributed by atoms with Gasteiger partial charge in [-0.15, -0.1) is 0 Å². The van der Waals surface area contributed by atoms with Crippen molar-refractivity contribution in [1.82, 2.24) is 0 Å². The first-order valence-corrected chi connectivity index (χ1v) is 6.50. The molecule has 0 radical (unpaired) electrons. The molecule has 0 nitrogen and oxygen atoms in total. The molecule has 0 heterocycles. The van der Waals surface area contributed by atoms with E-state index in [-0.39, 0.29) is 0 Å². The molecule has 0 spiro atoms. The van der Waals surface area contributed by atoms with Crippen LogP contribution < -0.4 is 0 Å². The van der Waals surface area contributed by atoms with E-state index in [9.17, 15) is 0 Å². The van der Waals surface area contributed by atoms with Gasteiger partial charge in [0.25, 0.3) is 0 Å². The zero-order valence-electron chi connectivity index (χ0n) is 10.2. The molecule has 1 saturated carbocycles. The van der Waals surface area contributed by atoms with Crippen molar-refractivity contribution in [2.75, 3.05) is 0 Å². The van der Waals surface area contributed by atoms with E-state index in [4.69, 9.17) is 0 Å². The van der Waals surface area contributed by atoms with E-state index in [1.165, 1.54) is 12.8 Å². The van der Waals surface area contributed by atoms with Crippen molar-refractivity contribution >= 4 is 0 Å². The average Bonchev–Trinajstić information content (AvgIpc) is 2.90. The first kappa shape index (κ1) is 10.1. The molecule has 4 atom stereocenters. The van der Waals surface area contributed by atoms with Gasteiger partial charge < -0.3 is 0 Å². The fourth-order valence-corrected chi connectivity index (χ4v) is 4.14. The van der Waals surface area contributed by atoms with E-state index in [1.54, 1.807) is 5.56 Å². The van der Waals surface area contributed by atoms with Crippen LogP contribution in [0.2, 0.25) is 0 Å². The highest BCUT2D eigenvalue weighted by Crippen LogP contribution is 2.58. The summed E-state index contributed by atoms with van der Waals surface area (Å²) in [7, 11) is 0. The summed E-state index contributed by atoms with van der Waals surface area (Å²) < 4.78 is 0. The summed E-state index contributed by atoms with van der Waals surface area (Å²) in [4.78, 5) is 0. The predicted octanol–water partition coefficient (Wildman–Crippen LogP) is 4.18. The summed E-state index contributed by atoms with van der Waals surface area (Å²) in [6.45, 7) is 4.82. The highest BCUT2D eigenvalue weighted by Gasteiger charge is 2.52. The first-order chi connectivity index (χ1) is 7.76. The van der Waals surface area contributed by atoms with Gasteiger partial charge in [0.15, 0.2) is 0 Å². The standard InChI is InChI=1S/C16H20/c1-3-15-12-9-10-14(11-12)16(15,2)13-7-5-4-6-8-13/h4-10,12,14-15H,3,11H2,1-2H3. The molecule has 0 amide bonds. The number of hydrogen-bond acceptors (Lipinski definition) is 0. The summed E-state index contributed by atoms with van der Waals surface area (Å²) in [6, 6.07) is 11.1. The predicted molar refractivity (Wildman–Crippen MR) is 68.3 cm³/mol. The number of allylic oxidation sites excluding steroid dienone is 2. The average molecular weight is 212 g/mol. The van der Waals surface area contributed by atoms with Crippen molar-refractivity contribution < 1.29 is 0 Å². The Hall–Kier alpha value is -1.04. The molecule has 2 bridgehead atoms. The monoisotopic (exact) mass is 212 g/mol. The Morgan fingerprint density at radius 3 is 2.62 bits per heavy atom. The maximum Gasteiger partial charge on any atom is 0.00214 e. The van der Waals surface area contributed by atoms with Gasteiger partial charge in [-0.2, -0.15) is 0 Å². The number of hydrogen-bond donors (Lipinski definition) is 0. The van der Waals surface area contributed by atoms with E-state index < -0.39 is 0 Å². The van der Waals surface area contributed by atoms with Crippen LogP contribution in [0.5, 0.6) is 0 Å². The van der Waals surface area contributed by atoms with Crippen LogP contribution in [0.25, 0.3) is 0 Å². The van der Waals surface area contributed by atoms with Gasteiger partial charge in [0.05, 0.1) is 0 Å². The molecule has 1 fully saturated rings. The third-order valence-electron chi connectivity index (χ3n) is 5.01. The Labute approximate surface area is 98.4 Å². The molecule has 1 aromatic rings. The molecule has 0 aliphatic heterocycles. The SMILES string of the molecule is CCC1C2C=CC(C2)C1(C)c1ccccc1. The van der Waals surface area contributed by atoms with Crippen LogP contribution >= 0.6 is 0 Å². The molecular formula is C16H20. The number of benzene rings is 1. The van der Waals surface area contributed by atoms with Crippen LogP contribution in [-0.4, -0.2) is 0 Å². The normalized spacial score (nSPS) is 40.5. The van der Waals surface area contributed by atoms with E-state index in [0.29, 0.717) is 5.41 Å². The second kappa shape index (κ2) is 3.48. The zero-order chi connectivity index (χ0) is 11.2. The Morgan fingerprint density at radius 2 is 1.94 bits per heavy atom. The minimum absolute atomic E-state index is 0.384. The van der Waals surface area contributed by atoms with Gasteiger partial charge in [-0.3, -0.25) is 0 Å². The van der Waals surface area contributed by atoms with Gasteiger partial charge in [0.2, 0.25) is 0 Å². The largest absolute Gasteiger partial charge is 0.0848 e. The van der Waals surface area contributed by atoms with Crippen LogP contribution in [0.3, 0.4) is 0 Å². The topological polar surface area (TPSA) is 0 Å². The highest BCUT2D eigenvalue weighted by atomic mass is 14.6. The third kappa shape index (κ3) is 1.16. The maximum atomic E-state index is 2.48. The molecule has 0 heteroatoms. The molecule has 0 aromatic heterocycles. The second-order valence-electron chi connectivity index (χ2n) is 5.55. The Kier molecular flexibility index (Phi) is 2.20. The van der Waals surface area contributed by atoms with Gasteiger partial charge in [0.1, 0.15) is 0 Å². The molecule has 0 N–H and O–H groups in total. The van der Waals surface area contributed by atoms with Crippen molar-refractivity contribution in [3.63, 3.8) is 0 Å². The van der Waals surface area contributed by atoms with Crippen LogP contribution in [0.1, 0.15) is 32.3 Å². The van der Waals surface area contributed by atoms with Crippen molar-refractivity contribution in [3.05, 3.63) is 48.0 Å². The van der Waals surface area contributed by atoms with E-state index in [2.05, 4.69) is 56.3 Å². The van der Waals surface area contributed by atoms with Gasteiger partial charge in [-0.25, -0.2) is 0 Å². The van der Waals surface area contributed by atoms with E-state index in [1.807, 2.05) is 0 Å². The summed E-state index contributed by atoms with van der Waals surface area (Å²) in [5, 5.41) is 0. The van der Waals surface area contributed by atoms with E-state index >= 15 is 0 Å². The molecule has 84 valence electrons. The van der Waals surface area contributed by atoms with Gasteiger partial charge in [-0.05, 0) is 29.7 Å². The van der Waals surface area contributed by atoms with Crippen LogP contribution in [0, 0.1) is 17.8 Å². The van der Waals surface area contributed by atoms with Crippen LogP contribution in [-0.2, 0) is 5.41 Å². The molecule has 1 aromatic carbocycles. The maximum absolute atomic E-state index is 2.48. The Balaban J connectivity index is 2.07. The second-order valence-corrected chi connectivity index (χ2v) is 5.55. The summed E-state index contributed by atoms with van der Waals surface area (Å²) in [5.41, 5.74) is 1.92. The van der Waals surface area contributed by atoms with Crippen molar-refractivity contribution in [3.8, 4) is 0 Å². The number of fused-ring (bicyclic) bond motifs is 2. The van der Waals surface area contributed by atoms with Crippen molar-refractivity contribution in [2.24, 2.45) is 17.8 Å². The minimum atomic E-state index is 0.384. The summed E-state index contributed by atoms with van der Waals surface area (Å²) in [6.07, 6.45) is 7.61. The zero-order valence-corrected chi connectivity index (χ0v) is 10.2. The molecule has 4 unspecified atom stereocenters. The molecule has 2 aliphatic carbocycles. The van der Waals surface area contributed by atoms with E-state index in [0.717, 1.165) is 17.8 Å². The Bertz CT molecular complexity index is 403. The Morgan fingerprint density at radius 1 is 1.19 bits per heavy atom. The number of rotatable bonds is 2.